The molecule has 0 radical (unpaired) electrons. The molecule has 1 aromatic carbocycles. The second-order valence-electron chi connectivity index (χ2n) is 4.13. The van der Waals surface area contributed by atoms with Gasteiger partial charge in [0.15, 0.2) is 0 Å². The third kappa shape index (κ3) is 2.95. The maximum atomic E-state index is 10.6. The van der Waals surface area contributed by atoms with Crippen molar-refractivity contribution in [2.24, 2.45) is 5.73 Å². The van der Waals surface area contributed by atoms with Crippen molar-refractivity contribution in [3.63, 3.8) is 0 Å². The van der Waals surface area contributed by atoms with E-state index < -0.39 is 12.0 Å². The Kier molecular flexibility index (Phi) is 3.74. The molecule has 0 aliphatic rings. The molecular formula is C13H15N3O2. The third-order valence-electron chi connectivity index (χ3n) is 2.74. The van der Waals surface area contributed by atoms with Gasteiger partial charge in [-0.15, -0.1) is 0 Å². The van der Waals surface area contributed by atoms with Gasteiger partial charge < -0.3 is 10.8 Å². The summed E-state index contributed by atoms with van der Waals surface area (Å²) >= 11 is 0. The molecule has 94 valence electrons. The quantitative estimate of drug-likeness (QED) is 0.742. The van der Waals surface area contributed by atoms with Crippen molar-refractivity contribution in [2.75, 3.05) is 0 Å². The molecule has 0 amide bonds. The summed E-state index contributed by atoms with van der Waals surface area (Å²) in [5.74, 6) is -0.974. The van der Waals surface area contributed by atoms with Crippen LogP contribution in [-0.2, 0) is 11.2 Å². The van der Waals surface area contributed by atoms with E-state index in [1.165, 1.54) is 0 Å². The lowest BCUT2D eigenvalue weighted by atomic mass is 10.1. The van der Waals surface area contributed by atoms with E-state index >= 15 is 0 Å². The monoisotopic (exact) mass is 245 g/mol. The number of carboxylic acids is 1. The van der Waals surface area contributed by atoms with Crippen molar-refractivity contribution in [3.05, 3.63) is 42.1 Å². The van der Waals surface area contributed by atoms with Crippen LogP contribution in [0.2, 0.25) is 0 Å². The molecule has 0 fully saturated rings. The van der Waals surface area contributed by atoms with Gasteiger partial charge in [0.25, 0.3) is 0 Å². The van der Waals surface area contributed by atoms with Crippen molar-refractivity contribution in [1.82, 2.24) is 10.2 Å². The van der Waals surface area contributed by atoms with Crippen molar-refractivity contribution in [1.29, 1.82) is 0 Å². The van der Waals surface area contributed by atoms with E-state index in [4.69, 9.17) is 10.8 Å². The van der Waals surface area contributed by atoms with Gasteiger partial charge in [0.2, 0.25) is 0 Å². The molecular weight excluding hydrogens is 230 g/mol. The smallest absolute Gasteiger partial charge is 0.320 e. The van der Waals surface area contributed by atoms with Crippen LogP contribution in [0, 0.1) is 0 Å². The SMILES string of the molecule is N[C@@H](CCc1cc(-c2ccccc2)n[nH]1)C(=O)O. The van der Waals surface area contributed by atoms with Crippen molar-refractivity contribution < 1.29 is 9.90 Å². The number of aromatic nitrogens is 2. The van der Waals surface area contributed by atoms with Crippen molar-refractivity contribution in [3.8, 4) is 11.3 Å². The van der Waals surface area contributed by atoms with E-state index in [0.717, 1.165) is 17.0 Å². The maximum Gasteiger partial charge on any atom is 0.320 e. The zero-order valence-electron chi connectivity index (χ0n) is 9.84. The van der Waals surface area contributed by atoms with E-state index in [-0.39, 0.29) is 0 Å². The third-order valence-corrected chi connectivity index (χ3v) is 2.74. The Balaban J connectivity index is 2.01. The summed E-state index contributed by atoms with van der Waals surface area (Å²) in [6.07, 6.45) is 0.971. The molecule has 0 saturated carbocycles. The summed E-state index contributed by atoms with van der Waals surface area (Å²) in [6.45, 7) is 0. The molecule has 5 nitrogen and oxygen atoms in total. The number of carboxylic acid groups (broad SMARTS) is 1. The van der Waals surface area contributed by atoms with Crippen LogP contribution in [0.15, 0.2) is 36.4 Å². The van der Waals surface area contributed by atoms with Gasteiger partial charge in [-0.25, -0.2) is 0 Å². The highest BCUT2D eigenvalue weighted by Gasteiger charge is 2.12. The fourth-order valence-corrected chi connectivity index (χ4v) is 1.68. The number of benzene rings is 1. The number of nitrogens with zero attached hydrogens (tertiary/aromatic N) is 1. The Morgan fingerprint density at radius 1 is 1.39 bits per heavy atom. The van der Waals surface area contributed by atoms with E-state index in [0.29, 0.717) is 12.8 Å². The summed E-state index contributed by atoms with van der Waals surface area (Å²) in [5, 5.41) is 15.8. The highest BCUT2D eigenvalue weighted by Crippen LogP contribution is 2.17. The number of H-pyrrole nitrogens is 1. The maximum absolute atomic E-state index is 10.6. The number of aliphatic carboxylic acids is 1. The van der Waals surface area contributed by atoms with E-state index in [9.17, 15) is 4.79 Å². The van der Waals surface area contributed by atoms with Crippen LogP contribution in [0.1, 0.15) is 12.1 Å². The lowest BCUT2D eigenvalue weighted by molar-refractivity contribution is -0.138. The van der Waals surface area contributed by atoms with Gasteiger partial charge in [0, 0.05) is 11.3 Å². The minimum Gasteiger partial charge on any atom is -0.480 e. The molecule has 2 aromatic rings. The lowest BCUT2D eigenvalue weighted by Gasteiger charge is -2.03. The molecule has 1 heterocycles. The first-order valence-corrected chi connectivity index (χ1v) is 5.75. The molecule has 4 N–H and O–H groups in total. The fraction of sp³-hybridized carbons (Fsp3) is 0.231. The Bertz CT molecular complexity index is 522. The standard InChI is InChI=1S/C13H15N3O2/c14-11(13(17)18)7-6-10-8-12(16-15-10)9-4-2-1-3-5-9/h1-5,8,11H,6-7,14H2,(H,15,16)(H,17,18)/t11-/m0/s1. The molecule has 1 atom stereocenters. The second-order valence-corrected chi connectivity index (χ2v) is 4.13. The van der Waals surface area contributed by atoms with Crippen LogP contribution in [0.25, 0.3) is 11.3 Å². The average Bonchev–Trinajstić information content (AvgIpc) is 2.85. The zero-order valence-corrected chi connectivity index (χ0v) is 9.84. The van der Waals surface area contributed by atoms with Crippen LogP contribution >= 0.6 is 0 Å². The molecule has 2 rings (SSSR count). The summed E-state index contributed by atoms with van der Waals surface area (Å²) < 4.78 is 0. The van der Waals surface area contributed by atoms with Crippen LogP contribution in [0.5, 0.6) is 0 Å². The summed E-state index contributed by atoms with van der Waals surface area (Å²) in [6, 6.07) is 10.9. The second kappa shape index (κ2) is 5.46. The van der Waals surface area contributed by atoms with Gasteiger partial charge in [-0.1, -0.05) is 30.3 Å². The Labute approximate surface area is 105 Å². The summed E-state index contributed by atoms with van der Waals surface area (Å²) in [5.41, 5.74) is 8.23. The minimum absolute atomic E-state index is 0.395. The summed E-state index contributed by atoms with van der Waals surface area (Å²) in [4.78, 5) is 10.6. The topological polar surface area (TPSA) is 92.0 Å². The first kappa shape index (κ1) is 12.3. The lowest BCUT2D eigenvalue weighted by Crippen LogP contribution is -2.30. The molecule has 0 saturated heterocycles. The van der Waals surface area contributed by atoms with Crippen LogP contribution in [-0.4, -0.2) is 27.3 Å². The van der Waals surface area contributed by atoms with Gasteiger partial charge in [-0.3, -0.25) is 9.89 Å². The normalized spacial score (nSPS) is 12.3. The number of aryl methyl sites for hydroxylation is 1. The predicted molar refractivity (Wildman–Crippen MR) is 68.0 cm³/mol. The molecule has 5 heteroatoms. The predicted octanol–water partition coefficient (Wildman–Crippen LogP) is 1.42. The summed E-state index contributed by atoms with van der Waals surface area (Å²) in [7, 11) is 0. The van der Waals surface area contributed by atoms with Gasteiger partial charge in [-0.05, 0) is 18.9 Å². The number of carbonyl (C=O) groups is 1. The van der Waals surface area contributed by atoms with E-state index in [1.54, 1.807) is 0 Å². The van der Waals surface area contributed by atoms with E-state index in [1.807, 2.05) is 36.4 Å². The number of hydrogen-bond acceptors (Lipinski definition) is 3. The molecule has 0 aliphatic carbocycles. The molecule has 0 unspecified atom stereocenters. The van der Waals surface area contributed by atoms with E-state index in [2.05, 4.69) is 10.2 Å². The molecule has 0 aliphatic heterocycles. The number of rotatable bonds is 5. The van der Waals surface area contributed by atoms with Gasteiger partial charge in [0.05, 0.1) is 5.69 Å². The first-order chi connectivity index (χ1) is 8.66. The Morgan fingerprint density at radius 3 is 2.78 bits per heavy atom. The first-order valence-electron chi connectivity index (χ1n) is 5.75. The number of nitrogens with one attached hydrogen (secondary N) is 1. The Hall–Kier alpha value is -2.14. The van der Waals surface area contributed by atoms with Gasteiger partial charge in [-0.2, -0.15) is 5.10 Å². The number of aromatic amines is 1. The fourth-order valence-electron chi connectivity index (χ4n) is 1.68. The largest absolute Gasteiger partial charge is 0.480 e. The van der Waals surface area contributed by atoms with Crippen molar-refractivity contribution in [2.45, 2.75) is 18.9 Å². The Morgan fingerprint density at radius 2 is 2.11 bits per heavy atom. The average molecular weight is 245 g/mol. The molecule has 18 heavy (non-hydrogen) atoms. The van der Waals surface area contributed by atoms with Crippen LogP contribution < -0.4 is 5.73 Å². The molecule has 1 aromatic heterocycles. The highest BCUT2D eigenvalue weighted by molar-refractivity contribution is 5.73. The minimum atomic E-state index is -0.974. The van der Waals surface area contributed by atoms with Crippen LogP contribution in [0.4, 0.5) is 0 Å². The number of hydrogen-bond donors (Lipinski definition) is 3. The van der Waals surface area contributed by atoms with Crippen LogP contribution in [0.3, 0.4) is 0 Å². The van der Waals surface area contributed by atoms with Gasteiger partial charge in [0.1, 0.15) is 6.04 Å². The van der Waals surface area contributed by atoms with Gasteiger partial charge >= 0.3 is 5.97 Å². The molecule has 0 bridgehead atoms. The van der Waals surface area contributed by atoms with Crippen molar-refractivity contribution >= 4 is 5.97 Å². The number of nitrogens with two attached hydrogens (primary N) is 1. The molecule has 0 spiro atoms. The highest BCUT2D eigenvalue weighted by atomic mass is 16.4. The zero-order chi connectivity index (χ0) is 13.0.